The maximum Gasteiger partial charge on any atom is 0.274 e. The van der Waals surface area contributed by atoms with Crippen molar-refractivity contribution < 1.29 is 4.79 Å². The minimum Gasteiger partial charge on any atom is -0.337 e. The Hall–Kier alpha value is -1.66. The van der Waals surface area contributed by atoms with Crippen molar-refractivity contribution in [2.24, 2.45) is 5.73 Å². The van der Waals surface area contributed by atoms with E-state index in [0.717, 1.165) is 28.7 Å². The molecular formula is C16H19BrN4O. The fourth-order valence-corrected chi connectivity index (χ4v) is 2.95. The molecule has 1 aliphatic heterocycles. The molecule has 2 aromatic rings. The van der Waals surface area contributed by atoms with Crippen LogP contribution in [0.15, 0.2) is 34.8 Å². The second-order valence-corrected chi connectivity index (χ2v) is 6.60. The van der Waals surface area contributed by atoms with Gasteiger partial charge in [0.1, 0.15) is 0 Å². The Bertz CT molecular complexity index is 672. The van der Waals surface area contributed by atoms with E-state index in [1.807, 2.05) is 42.2 Å². The summed E-state index contributed by atoms with van der Waals surface area (Å²) >= 11 is 3.42. The van der Waals surface area contributed by atoms with Gasteiger partial charge in [-0.2, -0.15) is 5.10 Å². The van der Waals surface area contributed by atoms with Crippen LogP contribution in [0.1, 0.15) is 29.0 Å². The molecule has 116 valence electrons. The molecule has 1 aromatic carbocycles. The highest BCUT2D eigenvalue weighted by molar-refractivity contribution is 9.10. The molecule has 2 heterocycles. The molecule has 1 aromatic heterocycles. The number of nitrogens with zero attached hydrogens (tertiary/aromatic N) is 3. The summed E-state index contributed by atoms with van der Waals surface area (Å²) in [6.07, 6.45) is 1.72. The minimum atomic E-state index is -0.00846. The van der Waals surface area contributed by atoms with Crippen LogP contribution in [0.5, 0.6) is 0 Å². The quantitative estimate of drug-likeness (QED) is 0.892. The maximum atomic E-state index is 12.6. The van der Waals surface area contributed by atoms with Gasteiger partial charge in [-0.15, -0.1) is 0 Å². The Balaban J connectivity index is 1.82. The Morgan fingerprint density at radius 2 is 1.91 bits per heavy atom. The standard InChI is InChI=1S/C16H19BrN4O/c1-11-10-15(16(22)20-8-6-13(18)7-9-20)19-21(11)14-4-2-12(17)3-5-14/h2-5,10,13H,6-9,18H2,1H3. The van der Waals surface area contributed by atoms with Crippen LogP contribution in [0.3, 0.4) is 0 Å². The van der Waals surface area contributed by atoms with Crippen LogP contribution in [0.25, 0.3) is 5.69 Å². The van der Waals surface area contributed by atoms with E-state index in [1.165, 1.54) is 0 Å². The van der Waals surface area contributed by atoms with E-state index in [2.05, 4.69) is 21.0 Å². The smallest absolute Gasteiger partial charge is 0.274 e. The first-order chi connectivity index (χ1) is 10.5. The van der Waals surface area contributed by atoms with Gasteiger partial charge < -0.3 is 10.6 Å². The van der Waals surface area contributed by atoms with Crippen molar-refractivity contribution in [3.8, 4) is 5.69 Å². The molecule has 22 heavy (non-hydrogen) atoms. The number of halogens is 1. The van der Waals surface area contributed by atoms with Gasteiger partial charge in [0.05, 0.1) is 5.69 Å². The van der Waals surface area contributed by atoms with Gasteiger partial charge in [0.15, 0.2) is 5.69 Å². The number of likely N-dealkylation sites (tertiary alicyclic amines) is 1. The Kier molecular flexibility index (Phi) is 4.31. The highest BCUT2D eigenvalue weighted by Crippen LogP contribution is 2.18. The minimum absolute atomic E-state index is 0.00846. The number of aromatic nitrogens is 2. The lowest BCUT2D eigenvalue weighted by atomic mass is 10.1. The molecule has 0 radical (unpaired) electrons. The maximum absolute atomic E-state index is 12.6. The second-order valence-electron chi connectivity index (χ2n) is 5.69. The zero-order valence-corrected chi connectivity index (χ0v) is 14.1. The third-order valence-electron chi connectivity index (χ3n) is 4.00. The zero-order valence-electron chi connectivity index (χ0n) is 12.5. The summed E-state index contributed by atoms with van der Waals surface area (Å²) in [5, 5.41) is 4.48. The molecule has 0 unspecified atom stereocenters. The highest BCUT2D eigenvalue weighted by Gasteiger charge is 2.24. The topological polar surface area (TPSA) is 64.2 Å². The number of amides is 1. The third-order valence-corrected chi connectivity index (χ3v) is 4.53. The molecule has 3 rings (SSSR count). The lowest BCUT2D eigenvalue weighted by Crippen LogP contribution is -2.43. The van der Waals surface area contributed by atoms with Gasteiger partial charge in [-0.1, -0.05) is 15.9 Å². The van der Waals surface area contributed by atoms with Crippen molar-refractivity contribution in [2.45, 2.75) is 25.8 Å². The van der Waals surface area contributed by atoms with E-state index >= 15 is 0 Å². The summed E-state index contributed by atoms with van der Waals surface area (Å²) in [5.41, 5.74) is 8.28. The molecule has 1 amide bonds. The molecule has 1 saturated heterocycles. The number of piperidine rings is 1. The van der Waals surface area contributed by atoms with Gasteiger partial charge in [-0.05, 0) is 50.1 Å². The molecule has 0 atom stereocenters. The summed E-state index contributed by atoms with van der Waals surface area (Å²) in [5.74, 6) is -0.00846. The average molecular weight is 363 g/mol. The fraction of sp³-hybridized carbons (Fsp3) is 0.375. The SMILES string of the molecule is Cc1cc(C(=O)N2CCC(N)CC2)nn1-c1ccc(Br)cc1. The van der Waals surface area contributed by atoms with Crippen LogP contribution in [-0.2, 0) is 0 Å². The van der Waals surface area contributed by atoms with E-state index in [0.29, 0.717) is 18.8 Å². The molecule has 1 fully saturated rings. The van der Waals surface area contributed by atoms with E-state index in [9.17, 15) is 4.79 Å². The summed E-state index contributed by atoms with van der Waals surface area (Å²) in [6, 6.07) is 9.93. The lowest BCUT2D eigenvalue weighted by Gasteiger charge is -2.29. The van der Waals surface area contributed by atoms with Crippen molar-refractivity contribution >= 4 is 21.8 Å². The molecule has 6 heteroatoms. The molecule has 0 saturated carbocycles. The Morgan fingerprint density at radius 3 is 2.55 bits per heavy atom. The first-order valence-electron chi connectivity index (χ1n) is 7.42. The van der Waals surface area contributed by atoms with E-state index in [1.54, 1.807) is 4.68 Å². The van der Waals surface area contributed by atoms with E-state index in [-0.39, 0.29) is 11.9 Å². The van der Waals surface area contributed by atoms with Crippen LogP contribution in [0, 0.1) is 6.92 Å². The van der Waals surface area contributed by atoms with Crippen LogP contribution >= 0.6 is 15.9 Å². The van der Waals surface area contributed by atoms with Gasteiger partial charge in [0.25, 0.3) is 5.91 Å². The van der Waals surface area contributed by atoms with Crippen LogP contribution in [-0.4, -0.2) is 39.7 Å². The van der Waals surface area contributed by atoms with Crippen LogP contribution in [0.2, 0.25) is 0 Å². The van der Waals surface area contributed by atoms with Crippen LogP contribution < -0.4 is 5.73 Å². The molecule has 0 spiro atoms. The van der Waals surface area contributed by atoms with Gasteiger partial charge in [-0.25, -0.2) is 4.68 Å². The average Bonchev–Trinajstić information content (AvgIpc) is 2.90. The third kappa shape index (κ3) is 3.08. The summed E-state index contributed by atoms with van der Waals surface area (Å²) in [4.78, 5) is 14.4. The fourth-order valence-electron chi connectivity index (χ4n) is 2.69. The molecule has 0 bridgehead atoms. The molecule has 2 N–H and O–H groups in total. The van der Waals surface area contributed by atoms with Crippen molar-refractivity contribution in [2.75, 3.05) is 13.1 Å². The number of carbonyl (C=O) groups excluding carboxylic acids is 1. The Morgan fingerprint density at radius 1 is 1.27 bits per heavy atom. The molecule has 1 aliphatic rings. The van der Waals surface area contributed by atoms with Gasteiger partial charge in [0, 0.05) is 29.3 Å². The van der Waals surface area contributed by atoms with Crippen LogP contribution in [0.4, 0.5) is 0 Å². The van der Waals surface area contributed by atoms with E-state index in [4.69, 9.17) is 5.73 Å². The number of aryl methyl sites for hydroxylation is 1. The Labute approximate surface area is 138 Å². The van der Waals surface area contributed by atoms with Gasteiger partial charge in [0.2, 0.25) is 0 Å². The van der Waals surface area contributed by atoms with Gasteiger partial charge >= 0.3 is 0 Å². The summed E-state index contributed by atoms with van der Waals surface area (Å²) in [6.45, 7) is 3.38. The first kappa shape index (κ1) is 15.2. The largest absolute Gasteiger partial charge is 0.337 e. The van der Waals surface area contributed by atoms with Crippen molar-refractivity contribution in [1.29, 1.82) is 0 Å². The normalized spacial score (nSPS) is 16.0. The number of hydrogen-bond donors (Lipinski definition) is 1. The van der Waals surface area contributed by atoms with Gasteiger partial charge in [-0.3, -0.25) is 4.79 Å². The number of benzene rings is 1. The number of carbonyl (C=O) groups is 1. The van der Waals surface area contributed by atoms with Crippen molar-refractivity contribution in [3.05, 3.63) is 46.2 Å². The monoisotopic (exact) mass is 362 g/mol. The lowest BCUT2D eigenvalue weighted by molar-refractivity contribution is 0.0708. The predicted molar refractivity (Wildman–Crippen MR) is 89.1 cm³/mol. The zero-order chi connectivity index (χ0) is 15.7. The first-order valence-corrected chi connectivity index (χ1v) is 8.21. The molecular weight excluding hydrogens is 344 g/mol. The van der Waals surface area contributed by atoms with E-state index < -0.39 is 0 Å². The number of nitrogens with two attached hydrogens (primary N) is 1. The molecule has 0 aliphatic carbocycles. The summed E-state index contributed by atoms with van der Waals surface area (Å²) < 4.78 is 2.82. The highest BCUT2D eigenvalue weighted by atomic mass is 79.9. The molecule has 5 nitrogen and oxygen atoms in total. The number of hydrogen-bond acceptors (Lipinski definition) is 3. The van der Waals surface area contributed by atoms with Crippen molar-refractivity contribution in [3.63, 3.8) is 0 Å². The second kappa shape index (κ2) is 6.22. The number of rotatable bonds is 2. The predicted octanol–water partition coefficient (Wildman–Crippen LogP) is 2.51. The summed E-state index contributed by atoms with van der Waals surface area (Å²) in [7, 11) is 0. The van der Waals surface area contributed by atoms with Crippen molar-refractivity contribution in [1.82, 2.24) is 14.7 Å².